The Kier molecular flexibility index (Phi) is 5.86. The fourth-order valence-electron chi connectivity index (χ4n) is 8.69. The molecule has 2 unspecified atom stereocenters. The third-order valence-electron chi connectivity index (χ3n) is 10.3. The van der Waals surface area contributed by atoms with Crippen molar-refractivity contribution in [3.05, 3.63) is 48.5 Å². The van der Waals surface area contributed by atoms with E-state index in [9.17, 15) is 9.59 Å². The van der Waals surface area contributed by atoms with Crippen molar-refractivity contribution in [2.24, 2.45) is 35.0 Å². The highest BCUT2D eigenvalue weighted by molar-refractivity contribution is 5.98. The molecule has 5 aliphatic rings. The van der Waals surface area contributed by atoms with Gasteiger partial charge in [0.1, 0.15) is 0 Å². The smallest absolute Gasteiger partial charge is 0.230 e. The summed E-state index contributed by atoms with van der Waals surface area (Å²) in [6.45, 7) is 2.20. The number of carbonyl (C=O) groups excluding carboxylic acids is 2. The molecule has 0 radical (unpaired) electrons. The molecular formula is C33H39N3O2. The topological polar surface area (TPSA) is 74.0 Å². The molecule has 0 aliphatic heterocycles. The zero-order chi connectivity index (χ0) is 25.9. The minimum Gasteiger partial charge on any atom is -0.355 e. The normalized spacial score (nSPS) is 31.9. The van der Waals surface area contributed by atoms with Crippen molar-refractivity contribution in [3.63, 3.8) is 0 Å². The summed E-state index contributed by atoms with van der Waals surface area (Å²) < 4.78 is 0. The van der Waals surface area contributed by atoms with E-state index in [1.54, 1.807) is 0 Å². The molecule has 1 heterocycles. The number of fused-ring (bicyclic) bond motifs is 1. The van der Waals surface area contributed by atoms with Crippen molar-refractivity contribution >= 4 is 34.1 Å². The third-order valence-corrected chi connectivity index (χ3v) is 10.3. The zero-order valence-corrected chi connectivity index (χ0v) is 22.4. The Morgan fingerprint density at radius 1 is 0.816 bits per heavy atom. The predicted molar refractivity (Wildman–Crippen MR) is 153 cm³/mol. The summed E-state index contributed by atoms with van der Waals surface area (Å²) in [7, 11) is 0. The number of hydrogen-bond acceptors (Lipinski definition) is 2. The van der Waals surface area contributed by atoms with Gasteiger partial charge in [0.15, 0.2) is 0 Å². The van der Waals surface area contributed by atoms with Gasteiger partial charge >= 0.3 is 0 Å². The summed E-state index contributed by atoms with van der Waals surface area (Å²) in [6.07, 6.45) is 11.8. The maximum absolute atomic E-state index is 13.5. The van der Waals surface area contributed by atoms with E-state index >= 15 is 0 Å². The number of aromatic nitrogens is 1. The molecule has 4 bridgehead atoms. The highest BCUT2D eigenvalue weighted by Crippen LogP contribution is 2.60. The van der Waals surface area contributed by atoms with Gasteiger partial charge in [-0.05, 0) is 117 Å². The van der Waals surface area contributed by atoms with Crippen LogP contribution in [-0.4, -0.2) is 16.8 Å². The first-order valence-corrected chi connectivity index (χ1v) is 14.8. The third kappa shape index (κ3) is 4.34. The van der Waals surface area contributed by atoms with Crippen LogP contribution in [0, 0.1) is 35.0 Å². The van der Waals surface area contributed by atoms with Gasteiger partial charge in [0.25, 0.3) is 0 Å². The summed E-state index contributed by atoms with van der Waals surface area (Å²) in [6, 6.07) is 16.4. The fourth-order valence-corrected chi connectivity index (χ4v) is 8.69. The van der Waals surface area contributed by atoms with E-state index in [-0.39, 0.29) is 23.1 Å². The van der Waals surface area contributed by atoms with Crippen LogP contribution in [0.3, 0.4) is 0 Å². The van der Waals surface area contributed by atoms with Gasteiger partial charge in [-0.15, -0.1) is 0 Å². The largest absolute Gasteiger partial charge is 0.355 e. The minimum absolute atomic E-state index is 0.120. The summed E-state index contributed by atoms with van der Waals surface area (Å²) in [4.78, 5) is 29.8. The second kappa shape index (κ2) is 9.29. The molecule has 3 aromatic rings. The lowest BCUT2D eigenvalue weighted by Gasteiger charge is -2.55. The summed E-state index contributed by atoms with van der Waals surface area (Å²) in [5, 5.41) is 7.52. The Hall–Kier alpha value is -3.08. The second-order valence-corrected chi connectivity index (χ2v) is 13.1. The van der Waals surface area contributed by atoms with Gasteiger partial charge in [-0.1, -0.05) is 31.9 Å². The molecule has 5 fully saturated rings. The van der Waals surface area contributed by atoms with Crippen molar-refractivity contribution in [1.29, 1.82) is 0 Å². The molecule has 8 rings (SSSR count). The second-order valence-electron chi connectivity index (χ2n) is 13.1. The molecule has 2 atom stereocenters. The molecule has 5 saturated carbocycles. The molecule has 198 valence electrons. The minimum atomic E-state index is -0.140. The van der Waals surface area contributed by atoms with Gasteiger partial charge in [-0.3, -0.25) is 9.59 Å². The van der Waals surface area contributed by atoms with Crippen LogP contribution in [0.4, 0.5) is 11.4 Å². The maximum Gasteiger partial charge on any atom is 0.230 e. The molecule has 1 aromatic heterocycles. The molecule has 0 saturated heterocycles. The van der Waals surface area contributed by atoms with Crippen LogP contribution in [0.15, 0.2) is 48.5 Å². The van der Waals surface area contributed by atoms with Gasteiger partial charge in [0.2, 0.25) is 11.8 Å². The van der Waals surface area contributed by atoms with Crippen LogP contribution in [0.1, 0.15) is 71.1 Å². The molecule has 2 amide bonds. The Balaban J connectivity index is 1.04. The van der Waals surface area contributed by atoms with Crippen molar-refractivity contribution in [1.82, 2.24) is 4.98 Å². The lowest BCUT2D eigenvalue weighted by Crippen LogP contribution is -2.51. The van der Waals surface area contributed by atoms with Gasteiger partial charge in [0.05, 0.1) is 5.41 Å². The summed E-state index contributed by atoms with van der Waals surface area (Å²) in [5.74, 6) is 3.25. The van der Waals surface area contributed by atoms with Gasteiger partial charge in [-0.25, -0.2) is 0 Å². The van der Waals surface area contributed by atoms with Crippen LogP contribution in [0.5, 0.6) is 0 Å². The standard InChI is InChI=1S/C33H39N3O2/c1-20-4-2-3-5-28(20)31(37)34-26-8-6-24(7-9-26)30-16-25-15-27(10-11-29(25)36-30)35-32(38)33-17-21-12-22(18-33)14-23(13-21)19-33/h6-11,15-16,20-23,28,36H,2-5,12-14,17-19H2,1H3,(H,34,37)(H,35,38). The average Bonchev–Trinajstić information content (AvgIpc) is 3.32. The number of nitrogens with one attached hydrogen (secondary N) is 3. The van der Waals surface area contributed by atoms with E-state index in [0.29, 0.717) is 5.92 Å². The first kappa shape index (κ1) is 24.0. The van der Waals surface area contributed by atoms with Crippen molar-refractivity contribution in [3.8, 4) is 11.3 Å². The van der Waals surface area contributed by atoms with E-state index in [1.165, 1.54) is 25.7 Å². The maximum atomic E-state index is 13.5. The van der Waals surface area contributed by atoms with Crippen molar-refractivity contribution in [2.75, 3.05) is 10.6 Å². The highest BCUT2D eigenvalue weighted by atomic mass is 16.2. The fraction of sp³-hybridized carbons (Fsp3) is 0.515. The lowest BCUT2D eigenvalue weighted by atomic mass is 9.49. The molecule has 5 aliphatic carbocycles. The Labute approximate surface area is 225 Å². The van der Waals surface area contributed by atoms with E-state index in [2.05, 4.69) is 52.9 Å². The molecule has 5 heteroatoms. The molecule has 38 heavy (non-hydrogen) atoms. The summed E-state index contributed by atoms with van der Waals surface area (Å²) >= 11 is 0. The first-order valence-electron chi connectivity index (χ1n) is 14.8. The monoisotopic (exact) mass is 509 g/mol. The number of hydrogen-bond donors (Lipinski definition) is 3. The number of benzene rings is 2. The SMILES string of the molecule is CC1CCCCC1C(=O)Nc1ccc(-c2cc3cc(NC(=O)C45CC6CC(CC(C6)C4)C5)ccc3[nH]2)cc1. The highest BCUT2D eigenvalue weighted by Gasteiger charge is 2.54. The van der Waals surface area contributed by atoms with Crippen LogP contribution in [-0.2, 0) is 9.59 Å². The van der Waals surface area contributed by atoms with Crippen LogP contribution in [0.25, 0.3) is 22.2 Å². The number of amides is 2. The van der Waals surface area contributed by atoms with Gasteiger partial charge < -0.3 is 15.6 Å². The van der Waals surface area contributed by atoms with E-state index in [1.807, 2.05) is 18.2 Å². The molecule has 3 N–H and O–H groups in total. The number of anilines is 2. The van der Waals surface area contributed by atoms with Crippen LogP contribution in [0.2, 0.25) is 0 Å². The van der Waals surface area contributed by atoms with Gasteiger partial charge in [0, 0.05) is 33.9 Å². The lowest BCUT2D eigenvalue weighted by molar-refractivity contribution is -0.140. The van der Waals surface area contributed by atoms with E-state index < -0.39 is 0 Å². The molecular weight excluding hydrogens is 470 g/mol. The average molecular weight is 510 g/mol. The van der Waals surface area contributed by atoms with Crippen molar-refractivity contribution < 1.29 is 9.59 Å². The number of rotatable bonds is 5. The number of H-pyrrole nitrogens is 1. The molecule has 2 aromatic carbocycles. The Morgan fingerprint density at radius 3 is 2.16 bits per heavy atom. The van der Waals surface area contributed by atoms with Crippen molar-refractivity contribution in [2.45, 2.75) is 71.1 Å². The van der Waals surface area contributed by atoms with Crippen LogP contribution < -0.4 is 10.6 Å². The Morgan fingerprint density at radius 2 is 1.47 bits per heavy atom. The zero-order valence-electron chi connectivity index (χ0n) is 22.4. The molecule has 0 spiro atoms. The number of carbonyl (C=O) groups is 2. The van der Waals surface area contributed by atoms with Crippen LogP contribution >= 0.6 is 0 Å². The summed E-state index contributed by atoms with van der Waals surface area (Å²) in [5.41, 5.74) is 4.75. The van der Waals surface area contributed by atoms with E-state index in [4.69, 9.17) is 0 Å². The van der Waals surface area contributed by atoms with Gasteiger partial charge in [-0.2, -0.15) is 0 Å². The quantitative estimate of drug-likeness (QED) is 0.329. The predicted octanol–water partition coefficient (Wildman–Crippen LogP) is 7.75. The van der Waals surface area contributed by atoms with E-state index in [0.717, 1.165) is 89.8 Å². The first-order chi connectivity index (χ1) is 18.4. The molecule has 5 nitrogen and oxygen atoms in total. The Bertz CT molecular complexity index is 1340. The number of aromatic amines is 1.